The summed E-state index contributed by atoms with van der Waals surface area (Å²) in [6, 6.07) is 16.9. The van der Waals surface area contributed by atoms with Crippen molar-refractivity contribution in [2.75, 3.05) is 6.61 Å². The van der Waals surface area contributed by atoms with Crippen LogP contribution in [0.2, 0.25) is 0 Å². The minimum atomic E-state index is -0.260. The van der Waals surface area contributed by atoms with E-state index in [1.807, 2.05) is 48.5 Å². The summed E-state index contributed by atoms with van der Waals surface area (Å²) in [5.41, 5.74) is 2.11. The molecule has 0 bridgehead atoms. The quantitative estimate of drug-likeness (QED) is 0.711. The number of rotatable bonds is 3. The maximum absolute atomic E-state index is 12.6. The van der Waals surface area contributed by atoms with Crippen LogP contribution in [0, 0.1) is 0 Å². The molecule has 1 aliphatic heterocycles. The molecule has 0 saturated carbocycles. The number of fused-ring (bicyclic) bond motifs is 1. The summed E-state index contributed by atoms with van der Waals surface area (Å²) < 4.78 is 11.9. The molecule has 1 aromatic heterocycles. The van der Waals surface area contributed by atoms with Crippen molar-refractivity contribution in [1.29, 1.82) is 0 Å². The van der Waals surface area contributed by atoms with E-state index in [-0.39, 0.29) is 17.6 Å². The Morgan fingerprint density at radius 3 is 2.84 bits per heavy atom. The Bertz CT molecular complexity index is 908. The van der Waals surface area contributed by atoms with Crippen molar-refractivity contribution < 1.29 is 14.1 Å². The average molecular weight is 399 g/mol. The SMILES string of the molecule is O=C(NC1CCOc2ccc(Br)cc21)c1cc(-c2ccccc2)on1. The van der Waals surface area contributed by atoms with Crippen molar-refractivity contribution in [2.24, 2.45) is 0 Å². The van der Waals surface area contributed by atoms with E-state index in [4.69, 9.17) is 9.26 Å². The lowest BCUT2D eigenvalue weighted by molar-refractivity contribution is 0.0915. The highest BCUT2D eigenvalue weighted by Gasteiger charge is 2.25. The predicted molar refractivity (Wildman–Crippen MR) is 96.4 cm³/mol. The third-order valence-electron chi connectivity index (χ3n) is 4.12. The number of hydrogen-bond acceptors (Lipinski definition) is 4. The van der Waals surface area contributed by atoms with Crippen LogP contribution < -0.4 is 10.1 Å². The molecular formula is C19H15BrN2O3. The standard InChI is InChI=1S/C19H15BrN2O3/c20-13-6-7-17-14(10-13)15(8-9-24-17)21-19(23)16-11-18(25-22-16)12-4-2-1-3-5-12/h1-7,10-11,15H,8-9H2,(H,21,23). The zero-order valence-corrected chi connectivity index (χ0v) is 14.8. The van der Waals surface area contributed by atoms with Gasteiger partial charge in [0.2, 0.25) is 0 Å². The second-order valence-electron chi connectivity index (χ2n) is 5.79. The molecule has 6 heteroatoms. The van der Waals surface area contributed by atoms with Crippen LogP contribution in [-0.2, 0) is 0 Å². The Hall–Kier alpha value is -2.60. The fraction of sp³-hybridized carbons (Fsp3) is 0.158. The minimum Gasteiger partial charge on any atom is -0.493 e. The van der Waals surface area contributed by atoms with Gasteiger partial charge in [-0.15, -0.1) is 0 Å². The van der Waals surface area contributed by atoms with Gasteiger partial charge >= 0.3 is 0 Å². The number of carbonyl (C=O) groups is 1. The summed E-state index contributed by atoms with van der Waals surface area (Å²) in [7, 11) is 0. The van der Waals surface area contributed by atoms with E-state index in [0.29, 0.717) is 18.8 Å². The molecule has 0 spiro atoms. The number of amides is 1. The maximum atomic E-state index is 12.6. The highest BCUT2D eigenvalue weighted by Crippen LogP contribution is 2.34. The van der Waals surface area contributed by atoms with Gasteiger partial charge in [-0.2, -0.15) is 0 Å². The Balaban J connectivity index is 1.54. The van der Waals surface area contributed by atoms with Crippen LogP contribution >= 0.6 is 15.9 Å². The van der Waals surface area contributed by atoms with E-state index in [1.165, 1.54) is 0 Å². The lowest BCUT2D eigenvalue weighted by atomic mass is 10.0. The van der Waals surface area contributed by atoms with Gasteiger partial charge in [-0.25, -0.2) is 0 Å². The monoisotopic (exact) mass is 398 g/mol. The van der Waals surface area contributed by atoms with Crippen molar-refractivity contribution in [3.05, 3.63) is 70.3 Å². The summed E-state index contributed by atoms with van der Waals surface area (Å²) >= 11 is 3.46. The lowest BCUT2D eigenvalue weighted by Gasteiger charge is -2.26. The highest BCUT2D eigenvalue weighted by molar-refractivity contribution is 9.10. The number of aromatic nitrogens is 1. The summed E-state index contributed by atoms with van der Waals surface area (Å²) in [4.78, 5) is 12.6. The molecule has 1 amide bonds. The summed E-state index contributed by atoms with van der Waals surface area (Å²) in [5, 5.41) is 6.93. The van der Waals surface area contributed by atoms with E-state index in [1.54, 1.807) is 6.07 Å². The average Bonchev–Trinajstić information content (AvgIpc) is 3.13. The van der Waals surface area contributed by atoms with Gasteiger partial charge in [0.25, 0.3) is 5.91 Å². The van der Waals surface area contributed by atoms with Crippen LogP contribution in [0.4, 0.5) is 0 Å². The number of nitrogens with zero attached hydrogens (tertiary/aromatic N) is 1. The first-order chi connectivity index (χ1) is 12.2. The second-order valence-corrected chi connectivity index (χ2v) is 6.70. The Morgan fingerprint density at radius 2 is 2.00 bits per heavy atom. The molecule has 0 saturated heterocycles. The van der Waals surface area contributed by atoms with E-state index in [9.17, 15) is 4.79 Å². The van der Waals surface area contributed by atoms with Crippen LogP contribution in [0.25, 0.3) is 11.3 Å². The van der Waals surface area contributed by atoms with E-state index in [2.05, 4.69) is 26.4 Å². The van der Waals surface area contributed by atoms with Crippen molar-refractivity contribution in [3.8, 4) is 17.1 Å². The third-order valence-corrected chi connectivity index (χ3v) is 4.61. The van der Waals surface area contributed by atoms with Crippen molar-refractivity contribution in [3.63, 3.8) is 0 Å². The fourth-order valence-corrected chi connectivity index (χ4v) is 3.25. The van der Waals surface area contributed by atoms with E-state index < -0.39 is 0 Å². The van der Waals surface area contributed by atoms with Crippen LogP contribution in [0.1, 0.15) is 28.5 Å². The number of halogens is 1. The first-order valence-electron chi connectivity index (χ1n) is 7.96. The molecule has 1 N–H and O–H groups in total. The van der Waals surface area contributed by atoms with Crippen LogP contribution in [0.3, 0.4) is 0 Å². The first kappa shape index (κ1) is 15.9. The van der Waals surface area contributed by atoms with Gasteiger partial charge < -0.3 is 14.6 Å². The van der Waals surface area contributed by atoms with E-state index >= 15 is 0 Å². The normalized spacial score (nSPS) is 16.0. The molecule has 0 aliphatic carbocycles. The second kappa shape index (κ2) is 6.72. The molecule has 1 aliphatic rings. The van der Waals surface area contributed by atoms with E-state index in [0.717, 1.165) is 21.3 Å². The van der Waals surface area contributed by atoms with Gasteiger partial charge in [-0.05, 0) is 18.2 Å². The molecule has 3 aromatic rings. The molecule has 5 nitrogen and oxygen atoms in total. The molecule has 0 fully saturated rings. The fourth-order valence-electron chi connectivity index (χ4n) is 2.87. The topological polar surface area (TPSA) is 64.4 Å². The molecule has 1 unspecified atom stereocenters. The summed E-state index contributed by atoms with van der Waals surface area (Å²) in [6.07, 6.45) is 0.707. The molecule has 1 atom stereocenters. The molecule has 2 aromatic carbocycles. The van der Waals surface area contributed by atoms with Crippen molar-refractivity contribution in [1.82, 2.24) is 10.5 Å². The Morgan fingerprint density at radius 1 is 1.16 bits per heavy atom. The molecule has 4 rings (SSSR count). The number of hydrogen-bond donors (Lipinski definition) is 1. The number of benzene rings is 2. The van der Waals surface area contributed by atoms with Gasteiger partial charge in [0.05, 0.1) is 12.6 Å². The third kappa shape index (κ3) is 3.30. The van der Waals surface area contributed by atoms with Gasteiger partial charge in [0.15, 0.2) is 11.5 Å². The number of ether oxygens (including phenoxy) is 1. The van der Waals surface area contributed by atoms with Gasteiger partial charge in [-0.3, -0.25) is 4.79 Å². The molecule has 25 heavy (non-hydrogen) atoms. The molecule has 0 radical (unpaired) electrons. The zero-order chi connectivity index (χ0) is 17.2. The lowest BCUT2D eigenvalue weighted by Crippen LogP contribution is -2.32. The number of nitrogens with one attached hydrogen (secondary N) is 1. The smallest absolute Gasteiger partial charge is 0.273 e. The summed E-state index contributed by atoms with van der Waals surface area (Å²) in [5.74, 6) is 1.11. The van der Waals surface area contributed by atoms with Crippen LogP contribution in [0.5, 0.6) is 5.75 Å². The Kier molecular flexibility index (Phi) is 4.28. The van der Waals surface area contributed by atoms with Gasteiger partial charge in [0.1, 0.15) is 5.75 Å². The largest absolute Gasteiger partial charge is 0.493 e. The van der Waals surface area contributed by atoms with Crippen LogP contribution in [0.15, 0.2) is 63.6 Å². The maximum Gasteiger partial charge on any atom is 0.273 e. The van der Waals surface area contributed by atoms with Gasteiger partial charge in [0, 0.05) is 28.1 Å². The minimum absolute atomic E-state index is 0.120. The van der Waals surface area contributed by atoms with Gasteiger partial charge in [-0.1, -0.05) is 51.4 Å². The number of carbonyl (C=O) groups excluding carboxylic acids is 1. The van der Waals surface area contributed by atoms with Crippen molar-refractivity contribution >= 4 is 21.8 Å². The van der Waals surface area contributed by atoms with Crippen LogP contribution in [-0.4, -0.2) is 17.7 Å². The highest BCUT2D eigenvalue weighted by atomic mass is 79.9. The summed E-state index contributed by atoms with van der Waals surface area (Å²) in [6.45, 7) is 0.563. The van der Waals surface area contributed by atoms with Crippen molar-refractivity contribution in [2.45, 2.75) is 12.5 Å². The first-order valence-corrected chi connectivity index (χ1v) is 8.75. The molecular weight excluding hydrogens is 384 g/mol. The predicted octanol–water partition coefficient (Wildman–Crippen LogP) is 4.36. The zero-order valence-electron chi connectivity index (χ0n) is 13.2. The molecule has 2 heterocycles. The molecule has 126 valence electrons. The Labute approximate surface area is 153 Å².